The summed E-state index contributed by atoms with van der Waals surface area (Å²) in [6.45, 7) is 7.55. The van der Waals surface area contributed by atoms with E-state index in [2.05, 4.69) is 28.1 Å². The molecule has 0 atom stereocenters. The lowest BCUT2D eigenvalue weighted by atomic mass is 10.1. The van der Waals surface area contributed by atoms with Gasteiger partial charge in [-0.05, 0) is 42.3 Å². The maximum atomic E-state index is 13.9. The lowest BCUT2D eigenvalue weighted by molar-refractivity contribution is 0.172. The zero-order valence-corrected chi connectivity index (χ0v) is 17.6. The molecule has 0 saturated carbocycles. The number of hydrogen-bond acceptors (Lipinski definition) is 4. The second-order valence-electron chi connectivity index (χ2n) is 7.21. The maximum Gasteiger partial charge on any atom is 0.194 e. The molecular formula is C23H28FN5O. The van der Waals surface area contributed by atoms with Crippen LogP contribution in [-0.2, 0) is 13.1 Å². The monoisotopic (exact) mass is 409 g/mol. The minimum Gasteiger partial charge on any atom is -0.494 e. The average molecular weight is 410 g/mol. The Hall–Kier alpha value is -3.11. The molecule has 0 radical (unpaired) electrons. The molecule has 0 aromatic heterocycles. The molecule has 2 aromatic carbocycles. The number of benzene rings is 2. The van der Waals surface area contributed by atoms with Gasteiger partial charge in [-0.3, -0.25) is 4.90 Å². The van der Waals surface area contributed by atoms with Gasteiger partial charge in [-0.2, -0.15) is 5.26 Å². The fourth-order valence-corrected chi connectivity index (χ4v) is 3.52. The van der Waals surface area contributed by atoms with E-state index in [-0.39, 0.29) is 11.6 Å². The number of aliphatic imine (C=N–C) groups is 1. The van der Waals surface area contributed by atoms with E-state index in [0.717, 1.165) is 49.8 Å². The molecule has 1 saturated heterocycles. The fourth-order valence-electron chi connectivity index (χ4n) is 3.52. The molecule has 7 heteroatoms. The van der Waals surface area contributed by atoms with Gasteiger partial charge in [0, 0.05) is 39.3 Å². The first kappa shape index (κ1) is 21.6. The van der Waals surface area contributed by atoms with E-state index in [1.165, 1.54) is 7.11 Å². The predicted octanol–water partition coefficient (Wildman–Crippen LogP) is 2.99. The van der Waals surface area contributed by atoms with Gasteiger partial charge >= 0.3 is 0 Å². The van der Waals surface area contributed by atoms with Crippen LogP contribution in [0.15, 0.2) is 47.5 Å². The van der Waals surface area contributed by atoms with E-state index in [1.807, 2.05) is 24.3 Å². The van der Waals surface area contributed by atoms with Gasteiger partial charge in [0.1, 0.15) is 0 Å². The summed E-state index contributed by atoms with van der Waals surface area (Å²) >= 11 is 0. The molecule has 1 heterocycles. The van der Waals surface area contributed by atoms with Crippen LogP contribution in [0.1, 0.15) is 23.6 Å². The number of nitrogens with one attached hydrogen (secondary N) is 1. The zero-order valence-electron chi connectivity index (χ0n) is 17.6. The van der Waals surface area contributed by atoms with Crippen LogP contribution in [0.5, 0.6) is 5.75 Å². The first-order valence-corrected chi connectivity index (χ1v) is 10.2. The van der Waals surface area contributed by atoms with Crippen molar-refractivity contribution >= 4 is 5.96 Å². The lowest BCUT2D eigenvalue weighted by Gasteiger charge is -2.36. The Kier molecular flexibility index (Phi) is 7.63. The SMILES string of the molecule is CCNC(=NCc1cccc(C#N)c1)N1CCN(Cc2ccc(OC)c(F)c2)CC1. The molecule has 0 bridgehead atoms. The molecule has 1 fully saturated rings. The molecule has 1 aliphatic rings. The van der Waals surface area contributed by atoms with Crippen molar-refractivity contribution < 1.29 is 9.13 Å². The van der Waals surface area contributed by atoms with Crippen LogP contribution in [0, 0.1) is 17.1 Å². The molecule has 1 N–H and O–H groups in total. The predicted molar refractivity (Wildman–Crippen MR) is 116 cm³/mol. The number of halogens is 1. The van der Waals surface area contributed by atoms with Gasteiger partial charge in [0.2, 0.25) is 0 Å². The van der Waals surface area contributed by atoms with E-state index in [1.54, 1.807) is 18.2 Å². The van der Waals surface area contributed by atoms with Crippen molar-refractivity contribution in [2.75, 3.05) is 39.8 Å². The van der Waals surface area contributed by atoms with Crippen LogP contribution in [0.4, 0.5) is 4.39 Å². The molecule has 1 aliphatic heterocycles. The highest BCUT2D eigenvalue weighted by atomic mass is 19.1. The van der Waals surface area contributed by atoms with Crippen molar-refractivity contribution in [1.82, 2.24) is 15.1 Å². The Bertz CT molecular complexity index is 916. The smallest absolute Gasteiger partial charge is 0.194 e. The van der Waals surface area contributed by atoms with Gasteiger partial charge in [-0.15, -0.1) is 0 Å². The van der Waals surface area contributed by atoms with Crippen LogP contribution < -0.4 is 10.1 Å². The summed E-state index contributed by atoms with van der Waals surface area (Å²) in [5.74, 6) is 0.834. The zero-order chi connectivity index (χ0) is 21.3. The van der Waals surface area contributed by atoms with E-state index < -0.39 is 0 Å². The van der Waals surface area contributed by atoms with Gasteiger partial charge < -0.3 is 15.0 Å². The molecule has 2 aromatic rings. The largest absolute Gasteiger partial charge is 0.494 e. The number of hydrogen-bond donors (Lipinski definition) is 1. The maximum absolute atomic E-state index is 13.9. The Morgan fingerprint density at radius 2 is 1.97 bits per heavy atom. The normalized spacial score (nSPS) is 15.0. The highest BCUT2D eigenvalue weighted by Gasteiger charge is 2.20. The first-order valence-electron chi connectivity index (χ1n) is 10.2. The topological polar surface area (TPSA) is 63.9 Å². The number of ether oxygens (including phenoxy) is 1. The molecule has 0 amide bonds. The highest BCUT2D eigenvalue weighted by Crippen LogP contribution is 2.19. The molecule has 0 aliphatic carbocycles. The number of methoxy groups -OCH3 is 1. The summed E-state index contributed by atoms with van der Waals surface area (Å²) in [5.41, 5.74) is 2.61. The second-order valence-corrected chi connectivity index (χ2v) is 7.21. The number of rotatable bonds is 6. The Morgan fingerprint density at radius 1 is 1.17 bits per heavy atom. The highest BCUT2D eigenvalue weighted by molar-refractivity contribution is 5.80. The van der Waals surface area contributed by atoms with Crippen LogP contribution >= 0.6 is 0 Å². The van der Waals surface area contributed by atoms with Crippen LogP contribution in [0.3, 0.4) is 0 Å². The Labute approximate surface area is 177 Å². The molecule has 0 unspecified atom stereocenters. The molecule has 158 valence electrons. The fraction of sp³-hybridized carbons (Fsp3) is 0.391. The second kappa shape index (κ2) is 10.6. The van der Waals surface area contributed by atoms with Crippen LogP contribution in [-0.4, -0.2) is 55.6 Å². The standard InChI is InChI=1S/C23H28FN5O/c1-3-26-23(27-16-19-6-4-5-18(13-19)15-25)29-11-9-28(10-12-29)17-20-7-8-22(30-2)21(24)14-20/h4-8,13-14H,3,9-12,16-17H2,1-2H3,(H,26,27). The summed E-state index contributed by atoms with van der Waals surface area (Å²) in [4.78, 5) is 9.33. The Balaban J connectivity index is 1.58. The van der Waals surface area contributed by atoms with Gasteiger partial charge in [0.05, 0.1) is 25.3 Å². The van der Waals surface area contributed by atoms with E-state index >= 15 is 0 Å². The van der Waals surface area contributed by atoms with E-state index in [0.29, 0.717) is 18.7 Å². The minimum absolute atomic E-state index is 0.273. The van der Waals surface area contributed by atoms with Crippen LogP contribution in [0.2, 0.25) is 0 Å². The van der Waals surface area contributed by atoms with E-state index in [4.69, 9.17) is 15.0 Å². The third kappa shape index (κ3) is 5.71. The number of nitrogens with zero attached hydrogens (tertiary/aromatic N) is 4. The average Bonchev–Trinajstić information content (AvgIpc) is 2.77. The number of guanidine groups is 1. The molecule has 30 heavy (non-hydrogen) atoms. The summed E-state index contributed by atoms with van der Waals surface area (Å²) < 4.78 is 18.9. The molecule has 3 rings (SSSR count). The Morgan fingerprint density at radius 3 is 2.63 bits per heavy atom. The van der Waals surface area contributed by atoms with Crippen molar-refractivity contribution in [3.8, 4) is 11.8 Å². The summed E-state index contributed by atoms with van der Waals surface area (Å²) in [6, 6.07) is 14.8. The van der Waals surface area contributed by atoms with Gasteiger partial charge in [-0.1, -0.05) is 18.2 Å². The van der Waals surface area contributed by atoms with Crippen molar-refractivity contribution in [1.29, 1.82) is 5.26 Å². The van der Waals surface area contributed by atoms with Crippen molar-refractivity contribution in [2.24, 2.45) is 4.99 Å². The number of piperazine rings is 1. The van der Waals surface area contributed by atoms with Crippen LogP contribution in [0.25, 0.3) is 0 Å². The first-order chi connectivity index (χ1) is 14.6. The molecule has 0 spiro atoms. The van der Waals surface area contributed by atoms with Gasteiger partial charge in [0.25, 0.3) is 0 Å². The molecule has 6 nitrogen and oxygen atoms in total. The third-order valence-electron chi connectivity index (χ3n) is 5.10. The van der Waals surface area contributed by atoms with Crippen molar-refractivity contribution in [3.63, 3.8) is 0 Å². The third-order valence-corrected chi connectivity index (χ3v) is 5.10. The lowest BCUT2D eigenvalue weighted by Crippen LogP contribution is -2.52. The van der Waals surface area contributed by atoms with Crippen molar-refractivity contribution in [2.45, 2.75) is 20.0 Å². The van der Waals surface area contributed by atoms with E-state index in [9.17, 15) is 4.39 Å². The summed E-state index contributed by atoms with van der Waals surface area (Å²) in [7, 11) is 1.47. The van der Waals surface area contributed by atoms with Crippen molar-refractivity contribution in [3.05, 3.63) is 65.0 Å². The number of nitriles is 1. The molecular weight excluding hydrogens is 381 g/mol. The minimum atomic E-state index is -0.323. The van der Waals surface area contributed by atoms with Gasteiger partial charge in [0.15, 0.2) is 17.5 Å². The summed E-state index contributed by atoms with van der Waals surface area (Å²) in [5, 5.41) is 12.4. The van der Waals surface area contributed by atoms with Gasteiger partial charge in [-0.25, -0.2) is 9.38 Å². The summed E-state index contributed by atoms with van der Waals surface area (Å²) in [6.07, 6.45) is 0. The quantitative estimate of drug-likeness (QED) is 0.587.